The van der Waals surface area contributed by atoms with Crippen molar-refractivity contribution in [2.75, 3.05) is 6.54 Å². The van der Waals surface area contributed by atoms with Gasteiger partial charge in [0.15, 0.2) is 0 Å². The van der Waals surface area contributed by atoms with Crippen molar-refractivity contribution < 1.29 is 8.42 Å². The summed E-state index contributed by atoms with van der Waals surface area (Å²) in [7, 11) is -3.37. The summed E-state index contributed by atoms with van der Waals surface area (Å²) in [6.07, 6.45) is 0. The minimum Gasteiger partial charge on any atom is -0.310 e. The van der Waals surface area contributed by atoms with E-state index in [0.717, 1.165) is 4.88 Å². The molecule has 1 aromatic heterocycles. The Morgan fingerprint density at radius 2 is 1.80 bits per heavy atom. The fourth-order valence-corrected chi connectivity index (χ4v) is 3.94. The number of thiophene rings is 1. The molecule has 0 saturated heterocycles. The average Bonchev–Trinajstić information content (AvgIpc) is 2.82. The van der Waals surface area contributed by atoms with Crippen LogP contribution in [0.15, 0.2) is 16.3 Å². The normalized spacial score (nSPS) is 14.2. The van der Waals surface area contributed by atoms with Gasteiger partial charge in [0.05, 0.1) is 0 Å². The van der Waals surface area contributed by atoms with Gasteiger partial charge in [0.25, 0.3) is 0 Å². The highest BCUT2D eigenvalue weighted by Crippen LogP contribution is 2.22. The first-order chi connectivity index (χ1) is 9.22. The molecular weight excluding hydrogens is 292 g/mol. The quantitative estimate of drug-likeness (QED) is 0.775. The van der Waals surface area contributed by atoms with Gasteiger partial charge in [0, 0.05) is 24.0 Å². The third kappa shape index (κ3) is 5.52. The zero-order valence-corrected chi connectivity index (χ0v) is 14.6. The molecule has 6 heteroatoms. The summed E-state index contributed by atoms with van der Waals surface area (Å²) < 4.78 is 27.5. The highest BCUT2D eigenvalue weighted by molar-refractivity contribution is 7.91. The van der Waals surface area contributed by atoms with Crippen molar-refractivity contribution in [3.05, 3.63) is 17.0 Å². The lowest BCUT2D eigenvalue weighted by molar-refractivity contribution is 0.415. The second-order valence-corrected chi connectivity index (χ2v) is 8.99. The summed E-state index contributed by atoms with van der Waals surface area (Å²) >= 11 is 1.33. The van der Waals surface area contributed by atoms with E-state index >= 15 is 0 Å². The highest BCUT2D eigenvalue weighted by atomic mass is 32.2. The Kier molecular flexibility index (Phi) is 6.64. The van der Waals surface area contributed by atoms with Crippen LogP contribution in [0.2, 0.25) is 0 Å². The van der Waals surface area contributed by atoms with E-state index in [1.54, 1.807) is 6.07 Å². The van der Waals surface area contributed by atoms with Crippen LogP contribution >= 0.6 is 11.3 Å². The van der Waals surface area contributed by atoms with Crippen molar-refractivity contribution >= 4 is 21.4 Å². The van der Waals surface area contributed by atoms with Gasteiger partial charge in [0.1, 0.15) is 4.21 Å². The molecule has 1 heterocycles. The maximum absolute atomic E-state index is 12.2. The summed E-state index contributed by atoms with van der Waals surface area (Å²) in [6.45, 7) is 11.6. The second-order valence-electron chi connectivity index (χ2n) is 5.83. The molecule has 0 saturated carbocycles. The number of rotatable bonds is 8. The van der Waals surface area contributed by atoms with Gasteiger partial charge in [-0.2, -0.15) is 0 Å². The molecule has 0 amide bonds. The SMILES string of the molecule is CC(C)NCc1ccc(S(=O)(=O)NCC(C)C(C)C)s1. The van der Waals surface area contributed by atoms with Gasteiger partial charge in [-0.1, -0.05) is 34.6 Å². The predicted molar refractivity (Wildman–Crippen MR) is 85.5 cm³/mol. The molecule has 1 unspecified atom stereocenters. The number of hydrogen-bond donors (Lipinski definition) is 2. The van der Waals surface area contributed by atoms with E-state index in [1.165, 1.54) is 11.3 Å². The van der Waals surface area contributed by atoms with E-state index in [9.17, 15) is 8.42 Å². The first-order valence-corrected chi connectivity index (χ1v) is 9.34. The molecule has 0 aliphatic heterocycles. The zero-order valence-electron chi connectivity index (χ0n) is 12.9. The maximum atomic E-state index is 12.2. The van der Waals surface area contributed by atoms with Crippen molar-refractivity contribution in [2.24, 2.45) is 11.8 Å². The van der Waals surface area contributed by atoms with Crippen LogP contribution in [0, 0.1) is 11.8 Å². The molecule has 0 radical (unpaired) electrons. The van der Waals surface area contributed by atoms with Crippen LogP contribution in [-0.4, -0.2) is 21.0 Å². The lowest BCUT2D eigenvalue weighted by Crippen LogP contribution is -2.29. The Morgan fingerprint density at radius 1 is 1.15 bits per heavy atom. The molecule has 116 valence electrons. The van der Waals surface area contributed by atoms with Crippen LogP contribution in [0.1, 0.15) is 39.5 Å². The molecule has 0 bridgehead atoms. The molecule has 1 atom stereocenters. The van der Waals surface area contributed by atoms with E-state index in [1.807, 2.05) is 6.07 Å². The number of hydrogen-bond acceptors (Lipinski definition) is 4. The van der Waals surface area contributed by atoms with Gasteiger partial charge in [-0.15, -0.1) is 11.3 Å². The highest BCUT2D eigenvalue weighted by Gasteiger charge is 2.18. The van der Waals surface area contributed by atoms with Gasteiger partial charge in [-0.3, -0.25) is 0 Å². The van der Waals surface area contributed by atoms with Crippen molar-refractivity contribution in [2.45, 2.75) is 51.4 Å². The second kappa shape index (κ2) is 7.54. The zero-order chi connectivity index (χ0) is 15.3. The first-order valence-electron chi connectivity index (χ1n) is 7.04. The van der Waals surface area contributed by atoms with E-state index < -0.39 is 10.0 Å². The summed E-state index contributed by atoms with van der Waals surface area (Å²) in [4.78, 5) is 1.04. The topological polar surface area (TPSA) is 58.2 Å². The lowest BCUT2D eigenvalue weighted by atomic mass is 9.99. The van der Waals surface area contributed by atoms with E-state index in [0.29, 0.717) is 35.2 Å². The largest absolute Gasteiger partial charge is 0.310 e. The fraction of sp³-hybridized carbons (Fsp3) is 0.714. The van der Waals surface area contributed by atoms with Crippen LogP contribution in [-0.2, 0) is 16.6 Å². The van der Waals surface area contributed by atoms with Crippen LogP contribution < -0.4 is 10.0 Å². The van der Waals surface area contributed by atoms with Crippen LogP contribution in [0.25, 0.3) is 0 Å². The Hall–Kier alpha value is -0.430. The standard InChI is InChI=1S/C14H26N2O2S2/c1-10(2)12(5)8-16-20(17,18)14-7-6-13(19-14)9-15-11(3)4/h6-7,10-12,15-16H,8-9H2,1-5H3. The molecule has 2 N–H and O–H groups in total. The van der Waals surface area contributed by atoms with Gasteiger partial charge < -0.3 is 5.32 Å². The Labute approximate surface area is 127 Å². The smallest absolute Gasteiger partial charge is 0.250 e. The Balaban J connectivity index is 2.64. The number of sulfonamides is 1. The molecular formula is C14H26N2O2S2. The predicted octanol–water partition coefficient (Wildman–Crippen LogP) is 2.82. The van der Waals surface area contributed by atoms with Crippen LogP contribution in [0.3, 0.4) is 0 Å². The molecule has 0 aliphatic carbocycles. The Bertz CT molecular complexity index is 507. The van der Waals surface area contributed by atoms with E-state index in [-0.39, 0.29) is 0 Å². The van der Waals surface area contributed by atoms with Crippen molar-refractivity contribution in [3.8, 4) is 0 Å². The molecule has 0 spiro atoms. The van der Waals surface area contributed by atoms with Crippen molar-refractivity contribution in [1.82, 2.24) is 10.0 Å². The minimum absolute atomic E-state index is 0.326. The summed E-state index contributed by atoms with van der Waals surface area (Å²) in [5.74, 6) is 0.790. The van der Waals surface area contributed by atoms with Gasteiger partial charge in [-0.25, -0.2) is 13.1 Å². The summed E-state index contributed by atoms with van der Waals surface area (Å²) in [6, 6.07) is 3.95. The van der Waals surface area contributed by atoms with E-state index in [2.05, 4.69) is 44.7 Å². The van der Waals surface area contributed by atoms with Crippen molar-refractivity contribution in [1.29, 1.82) is 0 Å². The van der Waals surface area contributed by atoms with Gasteiger partial charge in [-0.05, 0) is 24.0 Å². The average molecular weight is 319 g/mol. The van der Waals surface area contributed by atoms with Gasteiger partial charge >= 0.3 is 0 Å². The Morgan fingerprint density at radius 3 is 2.35 bits per heavy atom. The summed E-state index contributed by atoms with van der Waals surface area (Å²) in [5.41, 5.74) is 0. The molecule has 0 aliphatic rings. The lowest BCUT2D eigenvalue weighted by Gasteiger charge is -2.15. The van der Waals surface area contributed by atoms with Crippen LogP contribution in [0.4, 0.5) is 0 Å². The maximum Gasteiger partial charge on any atom is 0.250 e. The van der Waals surface area contributed by atoms with Crippen LogP contribution in [0.5, 0.6) is 0 Å². The molecule has 4 nitrogen and oxygen atoms in total. The monoisotopic (exact) mass is 318 g/mol. The molecule has 20 heavy (non-hydrogen) atoms. The number of nitrogens with one attached hydrogen (secondary N) is 2. The van der Waals surface area contributed by atoms with Crippen molar-refractivity contribution in [3.63, 3.8) is 0 Å². The fourth-order valence-electron chi connectivity index (χ4n) is 1.45. The molecule has 0 fully saturated rings. The minimum atomic E-state index is -3.37. The molecule has 1 aromatic rings. The third-order valence-electron chi connectivity index (χ3n) is 3.32. The summed E-state index contributed by atoms with van der Waals surface area (Å²) in [5, 5.41) is 3.29. The molecule has 1 rings (SSSR count). The van der Waals surface area contributed by atoms with E-state index in [4.69, 9.17) is 0 Å². The first kappa shape index (κ1) is 17.6. The third-order valence-corrected chi connectivity index (χ3v) is 6.32. The molecule has 0 aromatic carbocycles. The van der Waals surface area contributed by atoms with Gasteiger partial charge in [0.2, 0.25) is 10.0 Å².